The summed E-state index contributed by atoms with van der Waals surface area (Å²) in [6.45, 7) is 16.2. The summed E-state index contributed by atoms with van der Waals surface area (Å²) in [6.07, 6.45) is 0. The summed E-state index contributed by atoms with van der Waals surface area (Å²) < 4.78 is 1.60. The van der Waals surface area contributed by atoms with E-state index in [1.165, 1.54) is 0 Å². The highest BCUT2D eigenvalue weighted by Crippen LogP contribution is 2.22. The molecule has 0 aliphatic carbocycles. The largest absolute Gasteiger partial charge is 0.351 e. The zero-order valence-corrected chi connectivity index (χ0v) is 13.9. The Labute approximate surface area is 121 Å². The quantitative estimate of drug-likeness (QED) is 0.920. The van der Waals surface area contributed by atoms with Gasteiger partial charge < -0.3 is 5.32 Å². The van der Waals surface area contributed by atoms with Crippen LogP contribution >= 0.6 is 0 Å². The summed E-state index contributed by atoms with van der Waals surface area (Å²) in [6, 6.07) is -0.351. The van der Waals surface area contributed by atoms with E-state index >= 15 is 0 Å². The molecular weight excluding hydrogens is 254 g/mol. The molecule has 1 amide bonds. The van der Waals surface area contributed by atoms with E-state index in [-0.39, 0.29) is 22.8 Å². The summed E-state index contributed by atoms with van der Waals surface area (Å²) in [5.74, 6) is 0.647. The number of amides is 1. The number of rotatable bonds is 3. The van der Waals surface area contributed by atoms with E-state index in [9.17, 15) is 4.79 Å². The molecule has 0 radical (unpaired) electrons. The third kappa shape index (κ3) is 3.77. The van der Waals surface area contributed by atoms with E-state index in [2.05, 4.69) is 41.6 Å². The van der Waals surface area contributed by atoms with Crippen LogP contribution in [0.2, 0.25) is 0 Å². The van der Waals surface area contributed by atoms with Gasteiger partial charge in [-0.25, -0.2) is 4.68 Å². The van der Waals surface area contributed by atoms with Crippen molar-refractivity contribution in [3.05, 3.63) is 5.82 Å². The topological polar surface area (TPSA) is 72.7 Å². The maximum Gasteiger partial charge on any atom is 0.244 e. The lowest BCUT2D eigenvalue weighted by molar-refractivity contribution is -0.125. The Hall–Kier alpha value is -1.46. The van der Waals surface area contributed by atoms with Crippen LogP contribution in [0.15, 0.2) is 0 Å². The van der Waals surface area contributed by atoms with Crippen molar-refractivity contribution < 1.29 is 4.79 Å². The van der Waals surface area contributed by atoms with E-state index in [0.29, 0.717) is 5.82 Å². The predicted molar refractivity (Wildman–Crippen MR) is 78.3 cm³/mol. The minimum absolute atomic E-state index is 0.0167. The molecule has 0 fully saturated rings. The number of nitrogens with one attached hydrogen (secondary N) is 1. The van der Waals surface area contributed by atoms with Gasteiger partial charge in [0.25, 0.3) is 0 Å². The van der Waals surface area contributed by atoms with E-state index < -0.39 is 6.04 Å². The van der Waals surface area contributed by atoms with Crippen molar-refractivity contribution in [2.24, 2.45) is 5.41 Å². The van der Waals surface area contributed by atoms with Gasteiger partial charge in [-0.3, -0.25) is 4.79 Å². The van der Waals surface area contributed by atoms with Crippen LogP contribution in [0.4, 0.5) is 0 Å². The summed E-state index contributed by atoms with van der Waals surface area (Å²) in [7, 11) is 0. The highest BCUT2D eigenvalue weighted by atomic mass is 16.2. The Morgan fingerprint density at radius 1 is 1.15 bits per heavy atom. The normalized spacial score (nSPS) is 15.8. The molecule has 114 valence electrons. The SMILES string of the molecule is CC(C(=O)NC(C)C(C)(C)C)n1nnnc1C(C)(C)C. The van der Waals surface area contributed by atoms with Crippen LogP contribution in [-0.4, -0.2) is 32.2 Å². The third-order valence-corrected chi connectivity index (χ3v) is 3.57. The second-order valence-electron chi connectivity index (χ2n) is 7.47. The van der Waals surface area contributed by atoms with Crippen molar-refractivity contribution in [1.29, 1.82) is 0 Å². The minimum atomic E-state index is -0.427. The Morgan fingerprint density at radius 3 is 2.15 bits per heavy atom. The van der Waals surface area contributed by atoms with Crippen molar-refractivity contribution >= 4 is 5.91 Å². The van der Waals surface area contributed by atoms with E-state index in [1.54, 1.807) is 4.68 Å². The average Bonchev–Trinajstić information content (AvgIpc) is 2.74. The van der Waals surface area contributed by atoms with Crippen LogP contribution in [0.25, 0.3) is 0 Å². The number of carbonyl (C=O) groups excluding carboxylic acids is 1. The molecule has 0 bridgehead atoms. The number of carbonyl (C=O) groups is 1. The zero-order chi connectivity index (χ0) is 15.7. The van der Waals surface area contributed by atoms with Crippen molar-refractivity contribution in [2.45, 2.75) is 72.9 Å². The molecule has 1 rings (SSSR count). The second kappa shape index (κ2) is 5.50. The van der Waals surface area contributed by atoms with Gasteiger partial charge in [0.15, 0.2) is 5.82 Å². The van der Waals surface area contributed by atoms with Gasteiger partial charge in [0.2, 0.25) is 5.91 Å². The number of nitrogens with zero attached hydrogens (tertiary/aromatic N) is 4. The summed E-state index contributed by atoms with van der Waals surface area (Å²) in [5, 5.41) is 14.7. The van der Waals surface area contributed by atoms with Crippen molar-refractivity contribution in [1.82, 2.24) is 25.5 Å². The second-order valence-corrected chi connectivity index (χ2v) is 7.47. The van der Waals surface area contributed by atoms with E-state index in [1.807, 2.05) is 34.6 Å². The first-order valence-corrected chi connectivity index (χ1v) is 7.03. The summed E-state index contributed by atoms with van der Waals surface area (Å²) >= 11 is 0. The van der Waals surface area contributed by atoms with Crippen molar-refractivity contribution in [2.75, 3.05) is 0 Å². The van der Waals surface area contributed by atoms with Gasteiger partial charge in [0.1, 0.15) is 6.04 Å². The third-order valence-electron chi connectivity index (χ3n) is 3.57. The van der Waals surface area contributed by atoms with Gasteiger partial charge in [-0.1, -0.05) is 41.5 Å². The lowest BCUT2D eigenvalue weighted by Crippen LogP contribution is -2.44. The molecule has 2 atom stereocenters. The Morgan fingerprint density at radius 2 is 1.70 bits per heavy atom. The zero-order valence-electron chi connectivity index (χ0n) is 13.9. The molecule has 0 saturated heterocycles. The van der Waals surface area contributed by atoms with Gasteiger partial charge in [-0.15, -0.1) is 5.10 Å². The lowest BCUT2D eigenvalue weighted by Gasteiger charge is -2.29. The first-order chi connectivity index (χ1) is 8.94. The molecule has 0 spiro atoms. The van der Waals surface area contributed by atoms with Gasteiger partial charge in [0, 0.05) is 11.5 Å². The molecule has 6 heteroatoms. The van der Waals surface area contributed by atoms with E-state index in [0.717, 1.165) is 0 Å². The summed E-state index contributed by atoms with van der Waals surface area (Å²) in [5.41, 5.74) is -0.184. The predicted octanol–water partition coefficient (Wildman–Crippen LogP) is 2.08. The highest BCUT2D eigenvalue weighted by molar-refractivity contribution is 5.80. The van der Waals surface area contributed by atoms with Crippen LogP contribution in [0, 0.1) is 5.41 Å². The fourth-order valence-corrected chi connectivity index (χ4v) is 1.61. The first-order valence-electron chi connectivity index (χ1n) is 7.03. The van der Waals surface area contributed by atoms with Gasteiger partial charge >= 0.3 is 0 Å². The fourth-order valence-electron chi connectivity index (χ4n) is 1.61. The average molecular weight is 281 g/mol. The minimum Gasteiger partial charge on any atom is -0.351 e. The van der Waals surface area contributed by atoms with Crippen molar-refractivity contribution in [3.8, 4) is 0 Å². The lowest BCUT2D eigenvalue weighted by atomic mass is 9.88. The van der Waals surface area contributed by atoms with Crippen LogP contribution in [0.5, 0.6) is 0 Å². The van der Waals surface area contributed by atoms with Gasteiger partial charge in [0.05, 0.1) is 0 Å². The molecule has 2 unspecified atom stereocenters. The van der Waals surface area contributed by atoms with Crippen LogP contribution < -0.4 is 5.32 Å². The maximum atomic E-state index is 12.4. The number of aromatic nitrogens is 4. The highest BCUT2D eigenvalue weighted by Gasteiger charge is 2.29. The maximum absolute atomic E-state index is 12.4. The Bertz CT molecular complexity index is 467. The molecule has 1 heterocycles. The molecule has 0 aliphatic heterocycles. The molecule has 1 aromatic rings. The Kier molecular flexibility index (Phi) is 4.56. The Balaban J connectivity index is 2.89. The number of tetrazole rings is 1. The van der Waals surface area contributed by atoms with Crippen LogP contribution in [-0.2, 0) is 10.2 Å². The molecule has 20 heavy (non-hydrogen) atoms. The number of hydrogen-bond acceptors (Lipinski definition) is 4. The monoisotopic (exact) mass is 281 g/mol. The van der Waals surface area contributed by atoms with E-state index in [4.69, 9.17) is 0 Å². The van der Waals surface area contributed by atoms with Gasteiger partial charge in [-0.05, 0) is 29.7 Å². The summed E-state index contributed by atoms with van der Waals surface area (Å²) in [4.78, 5) is 12.4. The molecule has 6 nitrogen and oxygen atoms in total. The molecule has 1 N–H and O–H groups in total. The fraction of sp³-hybridized carbons (Fsp3) is 0.857. The molecule has 0 aliphatic rings. The standard InChI is InChI=1S/C14H27N5O/c1-9(11(20)15-10(2)13(3,4)5)19-12(14(6,7)8)16-17-18-19/h9-10H,1-8H3,(H,15,20). The smallest absolute Gasteiger partial charge is 0.244 e. The van der Waals surface area contributed by atoms with Gasteiger partial charge in [-0.2, -0.15) is 0 Å². The molecular formula is C14H27N5O. The molecule has 1 aromatic heterocycles. The molecule has 0 saturated carbocycles. The van der Waals surface area contributed by atoms with Crippen molar-refractivity contribution in [3.63, 3.8) is 0 Å². The first kappa shape index (κ1) is 16.6. The number of hydrogen-bond donors (Lipinski definition) is 1. The van der Waals surface area contributed by atoms with Crippen LogP contribution in [0.3, 0.4) is 0 Å². The van der Waals surface area contributed by atoms with Crippen LogP contribution in [0.1, 0.15) is 67.3 Å². The molecule has 0 aromatic carbocycles.